The summed E-state index contributed by atoms with van der Waals surface area (Å²) in [6, 6.07) is 2.05. The highest BCUT2D eigenvalue weighted by atomic mass is 16.6. The molecule has 0 aliphatic carbocycles. The third-order valence-electron chi connectivity index (χ3n) is 3.57. The zero-order chi connectivity index (χ0) is 10.9. The van der Waals surface area contributed by atoms with Crippen molar-refractivity contribution in [2.75, 3.05) is 26.7 Å². The van der Waals surface area contributed by atoms with E-state index in [2.05, 4.69) is 16.1 Å². The van der Waals surface area contributed by atoms with Crippen LogP contribution in [-0.4, -0.2) is 37.1 Å². The van der Waals surface area contributed by atoms with E-state index < -0.39 is 0 Å². The van der Waals surface area contributed by atoms with Gasteiger partial charge in [-0.05, 0) is 5.92 Å². The molecule has 3 aliphatic heterocycles. The lowest BCUT2D eigenvalue weighted by molar-refractivity contribution is -0.899. The summed E-state index contributed by atoms with van der Waals surface area (Å²) in [6.45, 7) is 1.90. The average molecular weight is 209 g/mol. The summed E-state index contributed by atoms with van der Waals surface area (Å²) in [4.78, 5) is 4.65. The maximum Gasteiger partial charge on any atom is 0.165 e. The normalized spacial score (nSPS) is 39.9. The summed E-state index contributed by atoms with van der Waals surface area (Å²) in [5.74, 6) is 0.461. The van der Waals surface area contributed by atoms with Gasteiger partial charge in [-0.2, -0.15) is 5.26 Å². The molecule has 5 heteroatoms. The Labute approximate surface area is 89.1 Å². The van der Waals surface area contributed by atoms with Crippen molar-refractivity contribution in [2.45, 2.75) is 12.8 Å². The summed E-state index contributed by atoms with van der Waals surface area (Å²) in [5.41, 5.74) is 0.389. The number of nitriles is 1. The molecule has 3 aliphatic rings. The predicted octanol–water partition coefficient (Wildman–Crippen LogP) is 0.867. The minimum Gasteiger partial charge on any atom is -0.633 e. The number of oxime groups is 1. The van der Waals surface area contributed by atoms with Gasteiger partial charge in [0.25, 0.3) is 0 Å². The fraction of sp³-hybridized carbons (Fsp3) is 0.800. The zero-order valence-electron chi connectivity index (χ0n) is 8.85. The molecule has 15 heavy (non-hydrogen) atoms. The zero-order valence-corrected chi connectivity index (χ0v) is 8.85. The molecular weight excluding hydrogens is 194 g/mol. The number of piperidine rings is 3. The maximum atomic E-state index is 12.1. The van der Waals surface area contributed by atoms with Crippen LogP contribution < -0.4 is 0 Å². The number of rotatable bonds is 2. The van der Waals surface area contributed by atoms with Gasteiger partial charge in [0.05, 0.1) is 25.6 Å². The van der Waals surface area contributed by atoms with Gasteiger partial charge in [-0.3, -0.25) is 0 Å². The minimum atomic E-state index is -0.147. The number of hydrogen-bond donors (Lipinski definition) is 0. The Bertz CT molecular complexity index is 313. The van der Waals surface area contributed by atoms with Crippen LogP contribution in [0, 0.1) is 28.4 Å². The van der Waals surface area contributed by atoms with E-state index in [9.17, 15) is 5.21 Å². The molecule has 2 bridgehead atoms. The second-order valence-corrected chi connectivity index (χ2v) is 4.40. The smallest absolute Gasteiger partial charge is 0.165 e. The highest BCUT2D eigenvalue weighted by Crippen LogP contribution is 2.37. The first-order valence-corrected chi connectivity index (χ1v) is 5.27. The van der Waals surface area contributed by atoms with E-state index in [1.165, 1.54) is 7.11 Å². The topological polar surface area (TPSA) is 68.4 Å². The molecule has 0 radical (unpaired) electrons. The second kappa shape index (κ2) is 3.80. The first kappa shape index (κ1) is 10.4. The molecule has 0 aromatic carbocycles. The van der Waals surface area contributed by atoms with Crippen LogP contribution >= 0.6 is 0 Å². The van der Waals surface area contributed by atoms with Crippen LogP contribution in [0.15, 0.2) is 5.16 Å². The molecule has 3 rings (SSSR count). The van der Waals surface area contributed by atoms with Gasteiger partial charge in [0.15, 0.2) is 5.71 Å². The number of hydrogen-bond acceptors (Lipinski definition) is 4. The lowest BCUT2D eigenvalue weighted by Crippen LogP contribution is -2.59. The van der Waals surface area contributed by atoms with Gasteiger partial charge in [-0.15, -0.1) is 0 Å². The van der Waals surface area contributed by atoms with Crippen LogP contribution in [0.5, 0.6) is 0 Å². The van der Waals surface area contributed by atoms with E-state index in [1.54, 1.807) is 0 Å². The van der Waals surface area contributed by atoms with Gasteiger partial charge >= 0.3 is 0 Å². The van der Waals surface area contributed by atoms with Gasteiger partial charge in [0.2, 0.25) is 0 Å². The van der Waals surface area contributed by atoms with Gasteiger partial charge in [0.1, 0.15) is 13.2 Å². The molecule has 0 aromatic rings. The van der Waals surface area contributed by atoms with Crippen molar-refractivity contribution in [2.24, 2.45) is 17.0 Å². The third kappa shape index (κ3) is 1.83. The molecule has 0 spiro atoms. The summed E-state index contributed by atoms with van der Waals surface area (Å²) in [6.07, 6.45) is 1.83. The van der Waals surface area contributed by atoms with Crippen LogP contribution in [-0.2, 0) is 4.84 Å². The molecule has 0 N–H and O–H groups in total. The van der Waals surface area contributed by atoms with Gasteiger partial charge in [-0.1, -0.05) is 5.16 Å². The monoisotopic (exact) mass is 209 g/mol. The van der Waals surface area contributed by atoms with Crippen LogP contribution in [0.1, 0.15) is 12.8 Å². The van der Waals surface area contributed by atoms with Crippen molar-refractivity contribution < 1.29 is 9.48 Å². The molecule has 3 heterocycles. The van der Waals surface area contributed by atoms with Gasteiger partial charge in [0, 0.05) is 12.8 Å². The van der Waals surface area contributed by atoms with Crippen LogP contribution in [0.25, 0.3) is 0 Å². The highest BCUT2D eigenvalue weighted by Gasteiger charge is 2.43. The lowest BCUT2D eigenvalue weighted by Gasteiger charge is -2.55. The fourth-order valence-corrected chi connectivity index (χ4v) is 2.73. The summed E-state index contributed by atoms with van der Waals surface area (Å²) < 4.78 is -0.147. The number of quaternary nitrogens is 1. The van der Waals surface area contributed by atoms with Crippen LogP contribution in [0.4, 0.5) is 0 Å². The van der Waals surface area contributed by atoms with Crippen molar-refractivity contribution in [3.63, 3.8) is 0 Å². The molecule has 82 valence electrons. The first-order valence-electron chi connectivity index (χ1n) is 5.27. The largest absolute Gasteiger partial charge is 0.633 e. The Morgan fingerprint density at radius 2 is 2.20 bits per heavy atom. The Balaban J connectivity index is 2.18. The van der Waals surface area contributed by atoms with E-state index in [1.807, 2.05) is 0 Å². The SMILES string of the molecule is CO/N=C(\C#N)[C@@H]1C[N+]2([O-])CCC1CC2. The third-order valence-corrected chi connectivity index (χ3v) is 3.57. The molecule has 0 amide bonds. The summed E-state index contributed by atoms with van der Waals surface area (Å²) in [5, 5.41) is 24.8. The Hall–Kier alpha value is -1.12. The van der Waals surface area contributed by atoms with Crippen molar-refractivity contribution in [3.8, 4) is 6.07 Å². The Morgan fingerprint density at radius 3 is 2.67 bits per heavy atom. The van der Waals surface area contributed by atoms with E-state index in [-0.39, 0.29) is 10.6 Å². The van der Waals surface area contributed by atoms with Crippen molar-refractivity contribution in [3.05, 3.63) is 5.21 Å². The minimum absolute atomic E-state index is 0.00921. The first-order chi connectivity index (χ1) is 7.18. The highest BCUT2D eigenvalue weighted by molar-refractivity contribution is 6.00. The maximum absolute atomic E-state index is 12.1. The molecule has 3 saturated heterocycles. The standard InChI is InChI=1S/C10H15N3O2/c1-15-12-10(6-11)9-7-13(14)4-2-8(9)3-5-13/h8-9H,2-5,7H2,1H3/b12-10+/t8?,9-,13?/m1/s1. The molecule has 0 saturated carbocycles. The van der Waals surface area contributed by atoms with E-state index >= 15 is 0 Å². The molecule has 0 unspecified atom stereocenters. The molecule has 1 atom stereocenters. The summed E-state index contributed by atoms with van der Waals surface area (Å²) in [7, 11) is 1.43. The molecule has 0 aromatic heterocycles. The summed E-state index contributed by atoms with van der Waals surface area (Å²) >= 11 is 0. The van der Waals surface area contributed by atoms with Crippen molar-refractivity contribution in [1.29, 1.82) is 5.26 Å². The van der Waals surface area contributed by atoms with E-state index in [0.29, 0.717) is 31.3 Å². The second-order valence-electron chi connectivity index (χ2n) is 4.40. The van der Waals surface area contributed by atoms with Gasteiger partial charge in [-0.25, -0.2) is 0 Å². The molecule has 5 nitrogen and oxygen atoms in total. The van der Waals surface area contributed by atoms with Crippen LogP contribution in [0.2, 0.25) is 0 Å². The van der Waals surface area contributed by atoms with E-state index in [0.717, 1.165) is 12.8 Å². The quantitative estimate of drug-likeness (QED) is 0.293. The van der Waals surface area contributed by atoms with Crippen LogP contribution in [0.3, 0.4) is 0 Å². The van der Waals surface area contributed by atoms with Crippen molar-refractivity contribution in [1.82, 2.24) is 0 Å². The average Bonchev–Trinajstić information content (AvgIpc) is 2.26. The Morgan fingerprint density at radius 1 is 1.53 bits per heavy atom. The number of hydroxylamine groups is 3. The Kier molecular flexibility index (Phi) is 2.63. The molecular formula is C10H15N3O2. The molecule has 3 fully saturated rings. The predicted molar refractivity (Wildman–Crippen MR) is 54.5 cm³/mol. The number of nitrogens with zero attached hydrogens (tertiary/aromatic N) is 3. The van der Waals surface area contributed by atoms with Crippen molar-refractivity contribution >= 4 is 5.71 Å². The fourth-order valence-electron chi connectivity index (χ4n) is 2.73. The lowest BCUT2D eigenvalue weighted by atomic mass is 9.76. The number of fused-ring (bicyclic) bond motifs is 3. The van der Waals surface area contributed by atoms with E-state index in [4.69, 9.17) is 5.26 Å². The van der Waals surface area contributed by atoms with Gasteiger partial charge < -0.3 is 14.7 Å².